The lowest BCUT2D eigenvalue weighted by Gasteiger charge is -2.16. The fourth-order valence-corrected chi connectivity index (χ4v) is 2.50. The van der Waals surface area contributed by atoms with Crippen LogP contribution in [-0.4, -0.2) is 32.3 Å². The van der Waals surface area contributed by atoms with Crippen molar-refractivity contribution in [2.75, 3.05) is 14.2 Å². The maximum atomic E-state index is 12.3. The number of esters is 2. The third kappa shape index (κ3) is 4.91. The third-order valence-corrected chi connectivity index (χ3v) is 3.83. The fraction of sp³-hybridized carbons (Fsp3) is 0.200. The minimum atomic E-state index is -5.26. The first kappa shape index (κ1) is 21.0. The molecule has 0 amide bonds. The molecule has 2 rings (SSSR count). The second kappa shape index (κ2) is 8.60. The van der Waals surface area contributed by atoms with E-state index in [-0.39, 0.29) is 11.3 Å². The van der Waals surface area contributed by atoms with Crippen molar-refractivity contribution in [3.63, 3.8) is 0 Å². The normalized spacial score (nSPS) is 10.9. The van der Waals surface area contributed by atoms with E-state index in [0.29, 0.717) is 16.9 Å². The first-order chi connectivity index (χ1) is 13.2. The van der Waals surface area contributed by atoms with E-state index in [1.54, 1.807) is 30.3 Å². The molecule has 0 atom stereocenters. The highest BCUT2D eigenvalue weighted by molar-refractivity contribution is 5.91. The smallest absolute Gasteiger partial charge is 0.491 e. The SMILES string of the molecule is C=C(c1ccccc1)c1cc(OC)c(OC)cc1CC(=O)OC(=O)C(F)(F)F. The van der Waals surface area contributed by atoms with Crippen LogP contribution in [0, 0.1) is 0 Å². The van der Waals surface area contributed by atoms with Crippen LogP contribution in [0.1, 0.15) is 16.7 Å². The lowest BCUT2D eigenvalue weighted by Crippen LogP contribution is -2.28. The molecule has 0 aliphatic rings. The molecule has 0 heterocycles. The predicted octanol–water partition coefficient (Wildman–Crippen LogP) is 3.94. The van der Waals surface area contributed by atoms with Crippen molar-refractivity contribution in [2.45, 2.75) is 12.6 Å². The number of rotatable bonds is 6. The van der Waals surface area contributed by atoms with E-state index in [2.05, 4.69) is 11.3 Å². The highest BCUT2D eigenvalue weighted by Crippen LogP contribution is 2.35. The number of alkyl halides is 3. The summed E-state index contributed by atoms with van der Waals surface area (Å²) in [6.45, 7) is 4.00. The first-order valence-corrected chi connectivity index (χ1v) is 7.98. The van der Waals surface area contributed by atoms with Gasteiger partial charge >= 0.3 is 18.1 Å². The Labute approximate surface area is 159 Å². The summed E-state index contributed by atoms with van der Waals surface area (Å²) in [6, 6.07) is 12.0. The minimum absolute atomic E-state index is 0.261. The first-order valence-electron chi connectivity index (χ1n) is 7.98. The van der Waals surface area contributed by atoms with Crippen molar-refractivity contribution in [3.05, 3.63) is 65.7 Å². The Morgan fingerprint density at radius 2 is 1.57 bits per heavy atom. The van der Waals surface area contributed by atoms with Crippen molar-refractivity contribution in [1.29, 1.82) is 0 Å². The largest absolute Gasteiger partial charge is 0.493 e. The predicted molar refractivity (Wildman–Crippen MR) is 95.0 cm³/mol. The van der Waals surface area contributed by atoms with Gasteiger partial charge in [-0.05, 0) is 34.4 Å². The number of halogens is 3. The molecule has 0 spiro atoms. The molecule has 5 nitrogen and oxygen atoms in total. The second-order valence-corrected chi connectivity index (χ2v) is 5.64. The Morgan fingerprint density at radius 1 is 1.00 bits per heavy atom. The molecule has 0 N–H and O–H groups in total. The fourth-order valence-electron chi connectivity index (χ4n) is 2.50. The molecule has 0 aromatic heterocycles. The molecule has 2 aromatic rings. The Hall–Kier alpha value is -3.29. The molecule has 0 unspecified atom stereocenters. The molecule has 28 heavy (non-hydrogen) atoms. The quantitative estimate of drug-likeness (QED) is 0.549. The summed E-state index contributed by atoms with van der Waals surface area (Å²) in [5, 5.41) is 0. The molecule has 0 aliphatic carbocycles. The summed E-state index contributed by atoms with van der Waals surface area (Å²) in [5.41, 5.74) is 1.95. The van der Waals surface area contributed by atoms with Crippen LogP contribution in [0.2, 0.25) is 0 Å². The van der Waals surface area contributed by atoms with E-state index >= 15 is 0 Å². The summed E-state index contributed by atoms with van der Waals surface area (Å²) >= 11 is 0. The highest BCUT2D eigenvalue weighted by Gasteiger charge is 2.42. The average molecular weight is 394 g/mol. The van der Waals surface area contributed by atoms with Gasteiger partial charge in [-0.3, -0.25) is 4.79 Å². The minimum Gasteiger partial charge on any atom is -0.493 e. The molecule has 0 radical (unpaired) electrons. The van der Waals surface area contributed by atoms with E-state index in [9.17, 15) is 22.8 Å². The Balaban J connectivity index is 2.42. The number of hydrogen-bond acceptors (Lipinski definition) is 5. The molecule has 0 saturated carbocycles. The maximum absolute atomic E-state index is 12.3. The van der Waals surface area contributed by atoms with E-state index in [1.165, 1.54) is 20.3 Å². The number of benzene rings is 2. The van der Waals surface area contributed by atoms with Gasteiger partial charge in [-0.25, -0.2) is 4.79 Å². The molecule has 0 saturated heterocycles. The maximum Gasteiger partial charge on any atom is 0.491 e. The molecule has 8 heteroatoms. The van der Waals surface area contributed by atoms with Crippen LogP contribution >= 0.6 is 0 Å². The van der Waals surface area contributed by atoms with Gasteiger partial charge in [-0.15, -0.1) is 0 Å². The standard InChI is InChI=1S/C20H17F3O5/c1-12(13-7-5-4-6-8-13)15-11-17(27-3)16(26-2)9-14(15)10-18(24)28-19(25)20(21,22)23/h4-9,11H,1,10H2,2-3H3. The summed E-state index contributed by atoms with van der Waals surface area (Å²) < 4.78 is 51.3. The van der Waals surface area contributed by atoms with E-state index in [1.807, 2.05) is 6.07 Å². The Bertz CT molecular complexity index is 889. The zero-order chi connectivity index (χ0) is 20.9. The lowest BCUT2D eigenvalue weighted by molar-refractivity contribution is -0.201. The van der Waals surface area contributed by atoms with Crippen molar-refractivity contribution in [1.82, 2.24) is 0 Å². The van der Waals surface area contributed by atoms with Gasteiger partial charge in [0.1, 0.15) is 0 Å². The molecule has 0 fully saturated rings. The molecule has 0 bridgehead atoms. The summed E-state index contributed by atoms with van der Waals surface area (Å²) in [6.07, 6.45) is -5.85. The van der Waals surface area contributed by atoms with Crippen molar-refractivity contribution in [2.24, 2.45) is 0 Å². The molecule has 0 aliphatic heterocycles. The summed E-state index contributed by atoms with van der Waals surface area (Å²) in [4.78, 5) is 22.8. The lowest BCUT2D eigenvalue weighted by atomic mass is 9.93. The van der Waals surface area contributed by atoms with Crippen LogP contribution in [0.5, 0.6) is 11.5 Å². The van der Waals surface area contributed by atoms with E-state index in [4.69, 9.17) is 9.47 Å². The zero-order valence-electron chi connectivity index (χ0n) is 15.1. The monoisotopic (exact) mass is 394 g/mol. The van der Waals surface area contributed by atoms with Crippen LogP contribution in [0.15, 0.2) is 49.0 Å². The van der Waals surface area contributed by atoms with Crippen LogP contribution in [-0.2, 0) is 20.7 Å². The van der Waals surface area contributed by atoms with E-state index in [0.717, 1.165) is 5.56 Å². The highest BCUT2D eigenvalue weighted by atomic mass is 19.4. The number of methoxy groups -OCH3 is 2. The topological polar surface area (TPSA) is 61.8 Å². The van der Waals surface area contributed by atoms with E-state index < -0.39 is 24.5 Å². The van der Waals surface area contributed by atoms with Gasteiger partial charge in [0.15, 0.2) is 11.5 Å². The Morgan fingerprint density at radius 3 is 2.11 bits per heavy atom. The van der Waals surface area contributed by atoms with Crippen molar-refractivity contribution in [3.8, 4) is 11.5 Å². The van der Waals surface area contributed by atoms with Crippen LogP contribution < -0.4 is 9.47 Å². The summed E-state index contributed by atoms with van der Waals surface area (Å²) in [5.74, 6) is -3.31. The van der Waals surface area contributed by atoms with Gasteiger partial charge in [0.2, 0.25) is 0 Å². The van der Waals surface area contributed by atoms with Gasteiger partial charge in [0, 0.05) is 0 Å². The molecule has 2 aromatic carbocycles. The van der Waals surface area contributed by atoms with Crippen molar-refractivity contribution < 1.29 is 37.0 Å². The molecular formula is C20H17F3O5. The van der Waals surface area contributed by atoms with Gasteiger partial charge in [-0.1, -0.05) is 36.9 Å². The number of carbonyl (C=O) groups is 2. The number of hydrogen-bond donors (Lipinski definition) is 0. The average Bonchev–Trinajstić information content (AvgIpc) is 2.66. The van der Waals surface area contributed by atoms with Crippen LogP contribution in [0.25, 0.3) is 5.57 Å². The zero-order valence-corrected chi connectivity index (χ0v) is 15.1. The second-order valence-electron chi connectivity index (χ2n) is 5.64. The van der Waals surface area contributed by atoms with Gasteiger partial charge < -0.3 is 14.2 Å². The van der Waals surface area contributed by atoms with Gasteiger partial charge in [0.25, 0.3) is 0 Å². The molecular weight excluding hydrogens is 377 g/mol. The van der Waals surface area contributed by atoms with Crippen LogP contribution in [0.4, 0.5) is 13.2 Å². The Kier molecular flexibility index (Phi) is 6.45. The van der Waals surface area contributed by atoms with Crippen molar-refractivity contribution >= 4 is 17.5 Å². The molecule has 148 valence electrons. The van der Waals surface area contributed by atoms with Crippen LogP contribution in [0.3, 0.4) is 0 Å². The number of carbonyl (C=O) groups excluding carboxylic acids is 2. The summed E-state index contributed by atoms with van der Waals surface area (Å²) in [7, 11) is 2.79. The third-order valence-electron chi connectivity index (χ3n) is 3.83. The van der Waals surface area contributed by atoms with Gasteiger partial charge in [-0.2, -0.15) is 13.2 Å². The van der Waals surface area contributed by atoms with Gasteiger partial charge in [0.05, 0.1) is 20.6 Å². The number of ether oxygens (including phenoxy) is 3.